The molecule has 1 aliphatic heterocycles. The lowest BCUT2D eigenvalue weighted by molar-refractivity contribution is -0.131. The van der Waals surface area contributed by atoms with Crippen molar-refractivity contribution in [1.29, 1.82) is 0 Å². The number of halogens is 1. The molecule has 1 amide bonds. The van der Waals surface area contributed by atoms with E-state index in [1.807, 2.05) is 29.2 Å². The zero-order chi connectivity index (χ0) is 21.4. The number of rotatable bonds is 8. The topological polar surface area (TPSA) is 57.2 Å². The first-order valence-corrected chi connectivity index (χ1v) is 11.5. The molecule has 1 aromatic rings. The average molecular weight is 435 g/mol. The molecule has 2 fully saturated rings. The monoisotopic (exact) mass is 434 g/mol. The molecule has 0 radical (unpaired) electrons. The number of methoxy groups -OCH3 is 1. The zero-order valence-corrected chi connectivity index (χ0v) is 19.1. The molecule has 30 heavy (non-hydrogen) atoms. The molecule has 0 unspecified atom stereocenters. The highest BCUT2D eigenvalue weighted by Crippen LogP contribution is 2.44. The second kappa shape index (κ2) is 11.0. The molecule has 0 spiro atoms. The summed E-state index contributed by atoms with van der Waals surface area (Å²) >= 11 is 6.04. The Bertz CT molecular complexity index is 728. The van der Waals surface area contributed by atoms with Crippen LogP contribution in [-0.4, -0.2) is 74.7 Å². The molecule has 1 N–H and O–H groups in total. The van der Waals surface area contributed by atoms with Gasteiger partial charge in [-0.2, -0.15) is 0 Å². The van der Waals surface area contributed by atoms with Gasteiger partial charge in [-0.3, -0.25) is 9.79 Å². The van der Waals surface area contributed by atoms with Gasteiger partial charge in [0.05, 0.1) is 6.42 Å². The maximum atomic E-state index is 12.7. The van der Waals surface area contributed by atoms with Crippen LogP contribution in [0.25, 0.3) is 0 Å². The van der Waals surface area contributed by atoms with Crippen molar-refractivity contribution in [3.05, 3.63) is 34.9 Å². The summed E-state index contributed by atoms with van der Waals surface area (Å²) in [5.74, 6) is 1.13. The van der Waals surface area contributed by atoms with E-state index in [1.165, 1.54) is 19.3 Å². The van der Waals surface area contributed by atoms with Crippen LogP contribution in [0, 0.1) is 5.41 Å². The lowest BCUT2D eigenvalue weighted by Gasteiger charge is -2.41. The molecule has 1 heterocycles. The number of carbonyl (C=O) groups excluding carboxylic acids is 1. The Hall–Kier alpha value is -1.79. The van der Waals surface area contributed by atoms with Crippen molar-refractivity contribution in [3.63, 3.8) is 0 Å². The van der Waals surface area contributed by atoms with E-state index in [4.69, 9.17) is 21.3 Å². The number of piperazine rings is 1. The smallest absolute Gasteiger partial charge is 0.227 e. The Morgan fingerprint density at radius 3 is 2.57 bits per heavy atom. The Kier molecular flexibility index (Phi) is 8.40. The second-order valence-corrected chi connectivity index (χ2v) is 8.88. The van der Waals surface area contributed by atoms with Crippen LogP contribution in [0.3, 0.4) is 0 Å². The first kappa shape index (κ1) is 22.9. The molecule has 1 aliphatic carbocycles. The first-order valence-electron chi connectivity index (χ1n) is 11.1. The minimum atomic E-state index is 0.159. The SMILES string of the molecule is CCNC(=NCC1(CCOC)CCC1)N1CCN(C(=O)Cc2cccc(Cl)c2)CC1. The van der Waals surface area contributed by atoms with Crippen LogP contribution in [0.1, 0.15) is 38.2 Å². The van der Waals surface area contributed by atoms with Crippen molar-refractivity contribution in [2.45, 2.75) is 39.0 Å². The fourth-order valence-corrected chi connectivity index (χ4v) is 4.46. The number of benzene rings is 1. The standard InChI is InChI=1S/C23H35ClN4O2/c1-3-25-22(26-18-23(8-5-9-23)10-15-30-2)28-13-11-27(12-14-28)21(29)17-19-6-4-7-20(24)16-19/h4,6-7,16H,3,5,8-15,17-18H2,1-2H3,(H,25,26). The molecule has 1 aromatic carbocycles. The normalized spacial score (nSPS) is 18.8. The van der Waals surface area contributed by atoms with E-state index in [0.717, 1.165) is 63.8 Å². The predicted octanol–water partition coefficient (Wildman–Crippen LogP) is 3.20. The minimum Gasteiger partial charge on any atom is -0.385 e. The molecule has 2 aliphatic rings. The second-order valence-electron chi connectivity index (χ2n) is 8.44. The van der Waals surface area contributed by atoms with Crippen LogP contribution in [-0.2, 0) is 16.0 Å². The number of carbonyl (C=O) groups is 1. The van der Waals surface area contributed by atoms with Crippen molar-refractivity contribution in [2.24, 2.45) is 10.4 Å². The number of guanidine groups is 1. The third-order valence-electron chi connectivity index (χ3n) is 6.33. The molecule has 1 saturated carbocycles. The highest BCUT2D eigenvalue weighted by atomic mass is 35.5. The van der Waals surface area contributed by atoms with Gasteiger partial charge < -0.3 is 19.9 Å². The Morgan fingerprint density at radius 2 is 1.97 bits per heavy atom. The van der Waals surface area contributed by atoms with Crippen molar-refractivity contribution in [2.75, 3.05) is 53.0 Å². The van der Waals surface area contributed by atoms with Crippen molar-refractivity contribution in [3.8, 4) is 0 Å². The van der Waals surface area contributed by atoms with Gasteiger partial charge in [-0.1, -0.05) is 30.2 Å². The summed E-state index contributed by atoms with van der Waals surface area (Å²) in [6, 6.07) is 7.55. The minimum absolute atomic E-state index is 0.159. The van der Waals surface area contributed by atoms with Crippen molar-refractivity contribution >= 4 is 23.5 Å². The quantitative estimate of drug-likeness (QED) is 0.504. The number of ether oxygens (including phenoxy) is 1. The highest BCUT2D eigenvalue weighted by molar-refractivity contribution is 6.30. The molecule has 3 rings (SSSR count). The number of amides is 1. The largest absolute Gasteiger partial charge is 0.385 e. The maximum Gasteiger partial charge on any atom is 0.227 e. The number of hydrogen-bond acceptors (Lipinski definition) is 3. The number of aliphatic imine (C=N–C) groups is 1. The Balaban J connectivity index is 1.53. The van der Waals surface area contributed by atoms with Gasteiger partial charge in [-0.05, 0) is 49.3 Å². The molecular formula is C23H35ClN4O2. The van der Waals surface area contributed by atoms with E-state index in [-0.39, 0.29) is 5.91 Å². The van der Waals surface area contributed by atoms with E-state index in [0.29, 0.717) is 16.9 Å². The van der Waals surface area contributed by atoms with Crippen LogP contribution in [0.5, 0.6) is 0 Å². The molecule has 166 valence electrons. The Morgan fingerprint density at radius 1 is 1.23 bits per heavy atom. The number of hydrogen-bond donors (Lipinski definition) is 1. The Labute approximate surface area is 185 Å². The number of nitrogens with one attached hydrogen (secondary N) is 1. The lowest BCUT2D eigenvalue weighted by atomic mass is 9.67. The molecule has 0 atom stereocenters. The molecule has 0 aromatic heterocycles. The van der Waals surface area contributed by atoms with Gasteiger partial charge in [0.15, 0.2) is 5.96 Å². The van der Waals surface area contributed by atoms with Crippen LogP contribution in [0.2, 0.25) is 5.02 Å². The summed E-state index contributed by atoms with van der Waals surface area (Å²) in [6.45, 7) is 7.65. The van der Waals surface area contributed by atoms with Crippen LogP contribution in [0.4, 0.5) is 0 Å². The van der Waals surface area contributed by atoms with E-state index < -0.39 is 0 Å². The lowest BCUT2D eigenvalue weighted by Crippen LogP contribution is -2.54. The van der Waals surface area contributed by atoms with Gasteiger partial charge in [-0.25, -0.2) is 0 Å². The van der Waals surface area contributed by atoms with Crippen molar-refractivity contribution in [1.82, 2.24) is 15.1 Å². The van der Waals surface area contributed by atoms with Gasteiger partial charge in [0, 0.05) is 58.0 Å². The van der Waals surface area contributed by atoms with Crippen LogP contribution >= 0.6 is 11.6 Å². The molecule has 7 heteroatoms. The number of nitrogens with zero attached hydrogens (tertiary/aromatic N) is 3. The third kappa shape index (κ3) is 6.11. The summed E-state index contributed by atoms with van der Waals surface area (Å²) < 4.78 is 5.31. The zero-order valence-electron chi connectivity index (χ0n) is 18.3. The van der Waals surface area contributed by atoms with Crippen LogP contribution < -0.4 is 5.32 Å². The average Bonchev–Trinajstić information content (AvgIpc) is 2.72. The predicted molar refractivity (Wildman–Crippen MR) is 122 cm³/mol. The van der Waals surface area contributed by atoms with Gasteiger partial charge >= 0.3 is 0 Å². The van der Waals surface area contributed by atoms with E-state index in [2.05, 4.69) is 17.1 Å². The van der Waals surface area contributed by atoms with Crippen molar-refractivity contribution < 1.29 is 9.53 Å². The molecular weight excluding hydrogens is 400 g/mol. The summed E-state index contributed by atoms with van der Waals surface area (Å²) in [6.07, 6.45) is 5.26. The van der Waals surface area contributed by atoms with Gasteiger partial charge in [0.2, 0.25) is 5.91 Å². The molecule has 1 saturated heterocycles. The summed E-state index contributed by atoms with van der Waals surface area (Å²) in [4.78, 5) is 21.9. The van der Waals surface area contributed by atoms with Gasteiger partial charge in [-0.15, -0.1) is 0 Å². The fourth-order valence-electron chi connectivity index (χ4n) is 4.25. The van der Waals surface area contributed by atoms with E-state index >= 15 is 0 Å². The first-order chi connectivity index (χ1) is 14.5. The maximum absolute atomic E-state index is 12.7. The fraction of sp³-hybridized carbons (Fsp3) is 0.652. The summed E-state index contributed by atoms with van der Waals surface area (Å²) in [7, 11) is 1.77. The third-order valence-corrected chi connectivity index (χ3v) is 6.56. The van der Waals surface area contributed by atoms with Gasteiger partial charge in [0.1, 0.15) is 0 Å². The molecule has 0 bridgehead atoms. The molecule has 6 nitrogen and oxygen atoms in total. The summed E-state index contributed by atoms with van der Waals surface area (Å²) in [5.41, 5.74) is 1.28. The van der Waals surface area contributed by atoms with Crippen LogP contribution in [0.15, 0.2) is 29.3 Å². The summed E-state index contributed by atoms with van der Waals surface area (Å²) in [5, 5.41) is 4.12. The van der Waals surface area contributed by atoms with Gasteiger partial charge in [0.25, 0.3) is 0 Å². The van der Waals surface area contributed by atoms with E-state index in [9.17, 15) is 4.79 Å². The highest BCUT2D eigenvalue weighted by Gasteiger charge is 2.36. The van der Waals surface area contributed by atoms with E-state index in [1.54, 1.807) is 7.11 Å².